The Bertz CT molecular complexity index is 766. The van der Waals surface area contributed by atoms with E-state index in [-0.39, 0.29) is 5.97 Å². The third kappa shape index (κ3) is 2.82. The van der Waals surface area contributed by atoms with Gasteiger partial charge in [-0.05, 0) is 48.9 Å². The summed E-state index contributed by atoms with van der Waals surface area (Å²) in [5.41, 5.74) is 2.03. The number of allylic oxidation sites excluding steroid dienone is 1. The monoisotopic (exact) mass is 329 g/mol. The van der Waals surface area contributed by atoms with Crippen LogP contribution in [0.4, 0.5) is 5.95 Å². The van der Waals surface area contributed by atoms with Crippen molar-refractivity contribution in [2.45, 2.75) is 26.8 Å². The molecule has 1 N–H and O–H groups in total. The molecule has 1 aromatic carbocycles. The number of nitrogens with zero attached hydrogens (tertiary/aromatic N) is 4. The molecule has 0 saturated carbocycles. The predicted octanol–water partition coefficient (Wildman–Crippen LogP) is 1.92. The van der Waals surface area contributed by atoms with Crippen LogP contribution in [0, 0.1) is 0 Å². The summed E-state index contributed by atoms with van der Waals surface area (Å²) in [6, 6.07) is 7.08. The normalized spacial score (nSPS) is 16.4. The number of anilines is 1. The first-order valence-corrected chi connectivity index (χ1v) is 7.81. The molecule has 0 fully saturated rings. The van der Waals surface area contributed by atoms with Gasteiger partial charge < -0.3 is 14.8 Å². The molecule has 0 bridgehead atoms. The van der Waals surface area contributed by atoms with Crippen molar-refractivity contribution in [1.29, 1.82) is 0 Å². The molecule has 8 heteroatoms. The number of esters is 1. The average molecular weight is 329 g/mol. The summed E-state index contributed by atoms with van der Waals surface area (Å²) in [7, 11) is 0. The van der Waals surface area contributed by atoms with Crippen LogP contribution in [0.5, 0.6) is 5.75 Å². The fourth-order valence-electron chi connectivity index (χ4n) is 2.71. The molecule has 0 aliphatic carbocycles. The Morgan fingerprint density at radius 3 is 2.67 bits per heavy atom. The molecule has 0 saturated heterocycles. The largest absolute Gasteiger partial charge is 0.494 e. The molecule has 2 aromatic rings. The van der Waals surface area contributed by atoms with Crippen LogP contribution in [-0.2, 0) is 9.53 Å². The highest BCUT2D eigenvalue weighted by molar-refractivity contribution is 5.92. The molecule has 8 nitrogen and oxygen atoms in total. The molecule has 3 rings (SSSR count). The van der Waals surface area contributed by atoms with E-state index in [1.165, 1.54) is 0 Å². The average Bonchev–Trinajstić information content (AvgIpc) is 3.02. The van der Waals surface area contributed by atoms with Crippen molar-refractivity contribution < 1.29 is 14.3 Å². The third-order valence-electron chi connectivity index (χ3n) is 3.72. The molecule has 2 heterocycles. The van der Waals surface area contributed by atoms with Gasteiger partial charge in [-0.15, -0.1) is 0 Å². The SMILES string of the molecule is CCOC(=O)C1=C(C)Nc2nnnn2[C@H]1c1ccc(OCC)cc1. The first-order chi connectivity index (χ1) is 11.7. The third-order valence-corrected chi connectivity index (χ3v) is 3.72. The van der Waals surface area contributed by atoms with E-state index in [4.69, 9.17) is 9.47 Å². The molecule has 1 atom stereocenters. The Morgan fingerprint density at radius 2 is 2.00 bits per heavy atom. The van der Waals surface area contributed by atoms with Gasteiger partial charge in [-0.25, -0.2) is 4.79 Å². The topological polar surface area (TPSA) is 91.2 Å². The van der Waals surface area contributed by atoms with Crippen LogP contribution in [0.2, 0.25) is 0 Å². The van der Waals surface area contributed by atoms with Gasteiger partial charge in [0, 0.05) is 5.70 Å². The summed E-state index contributed by atoms with van der Waals surface area (Å²) in [5.74, 6) is 0.868. The lowest BCUT2D eigenvalue weighted by atomic mass is 9.96. The number of carbonyl (C=O) groups excluding carboxylic acids is 1. The van der Waals surface area contributed by atoms with Crippen molar-refractivity contribution in [2.24, 2.45) is 0 Å². The van der Waals surface area contributed by atoms with Gasteiger partial charge in [-0.2, -0.15) is 4.68 Å². The summed E-state index contributed by atoms with van der Waals surface area (Å²) in [6.07, 6.45) is 0. The number of ether oxygens (including phenoxy) is 2. The zero-order valence-electron chi connectivity index (χ0n) is 13.8. The van der Waals surface area contributed by atoms with Crippen molar-refractivity contribution >= 4 is 11.9 Å². The van der Waals surface area contributed by atoms with Crippen LogP contribution in [0.3, 0.4) is 0 Å². The molecule has 0 amide bonds. The maximum atomic E-state index is 12.5. The molecule has 1 aliphatic rings. The fourth-order valence-corrected chi connectivity index (χ4v) is 2.71. The predicted molar refractivity (Wildman–Crippen MR) is 86.5 cm³/mol. The highest BCUT2D eigenvalue weighted by Crippen LogP contribution is 2.35. The number of benzene rings is 1. The summed E-state index contributed by atoms with van der Waals surface area (Å²) in [4.78, 5) is 12.5. The van der Waals surface area contributed by atoms with E-state index in [0.717, 1.165) is 11.3 Å². The van der Waals surface area contributed by atoms with E-state index >= 15 is 0 Å². The van der Waals surface area contributed by atoms with E-state index in [0.29, 0.717) is 30.4 Å². The summed E-state index contributed by atoms with van der Waals surface area (Å²) in [5, 5.41) is 14.7. The second-order valence-electron chi connectivity index (χ2n) is 5.24. The van der Waals surface area contributed by atoms with Crippen molar-refractivity contribution in [3.8, 4) is 5.75 Å². The van der Waals surface area contributed by atoms with Crippen molar-refractivity contribution in [3.05, 3.63) is 41.1 Å². The standard InChI is InChI=1S/C16H19N5O3/c1-4-23-12-8-6-11(7-9-12)14-13(15(22)24-5-2)10(3)17-16-18-19-20-21(14)16/h6-9,14H,4-5H2,1-3H3,(H,17,18,20)/t14-/m0/s1. The zero-order chi connectivity index (χ0) is 17.1. The lowest BCUT2D eigenvalue weighted by Gasteiger charge is -2.27. The van der Waals surface area contributed by atoms with E-state index in [2.05, 4.69) is 20.8 Å². The second-order valence-corrected chi connectivity index (χ2v) is 5.24. The minimum atomic E-state index is -0.453. The van der Waals surface area contributed by atoms with Crippen molar-refractivity contribution in [1.82, 2.24) is 20.2 Å². The van der Waals surface area contributed by atoms with Crippen LogP contribution < -0.4 is 10.1 Å². The Balaban J connectivity index is 2.05. The number of nitrogens with one attached hydrogen (secondary N) is 1. The maximum Gasteiger partial charge on any atom is 0.338 e. The number of fused-ring (bicyclic) bond motifs is 1. The van der Waals surface area contributed by atoms with Crippen LogP contribution >= 0.6 is 0 Å². The van der Waals surface area contributed by atoms with E-state index in [9.17, 15) is 4.79 Å². The molecule has 1 aliphatic heterocycles. The molecular formula is C16H19N5O3. The van der Waals surface area contributed by atoms with Crippen LogP contribution in [-0.4, -0.2) is 39.4 Å². The molecule has 126 valence electrons. The van der Waals surface area contributed by atoms with Gasteiger partial charge in [0.15, 0.2) is 0 Å². The molecule has 0 spiro atoms. The minimum absolute atomic E-state index is 0.300. The van der Waals surface area contributed by atoms with Crippen LogP contribution in [0.1, 0.15) is 32.4 Å². The summed E-state index contributed by atoms with van der Waals surface area (Å²) in [6.45, 7) is 6.41. The van der Waals surface area contributed by atoms with Crippen LogP contribution in [0.15, 0.2) is 35.5 Å². The first kappa shape index (κ1) is 16.0. The summed E-state index contributed by atoms with van der Waals surface area (Å²) < 4.78 is 12.3. The molecule has 0 radical (unpaired) electrons. The van der Waals surface area contributed by atoms with Gasteiger partial charge >= 0.3 is 5.97 Å². The lowest BCUT2D eigenvalue weighted by Crippen LogP contribution is -2.29. The molecular weight excluding hydrogens is 310 g/mol. The second kappa shape index (κ2) is 6.69. The lowest BCUT2D eigenvalue weighted by molar-refractivity contribution is -0.139. The fraction of sp³-hybridized carbons (Fsp3) is 0.375. The highest BCUT2D eigenvalue weighted by atomic mass is 16.5. The Hall–Kier alpha value is -2.90. The molecule has 24 heavy (non-hydrogen) atoms. The molecule has 0 unspecified atom stereocenters. The maximum absolute atomic E-state index is 12.5. The van der Waals surface area contributed by atoms with Crippen LogP contribution in [0.25, 0.3) is 0 Å². The Kier molecular flexibility index (Phi) is 4.45. The number of hydrogen-bond acceptors (Lipinski definition) is 7. The van der Waals surface area contributed by atoms with Gasteiger partial charge in [-0.1, -0.05) is 17.2 Å². The molecule has 1 aromatic heterocycles. The highest BCUT2D eigenvalue weighted by Gasteiger charge is 2.34. The number of carbonyl (C=O) groups is 1. The van der Waals surface area contributed by atoms with Gasteiger partial charge in [-0.3, -0.25) is 0 Å². The van der Waals surface area contributed by atoms with Gasteiger partial charge in [0.2, 0.25) is 5.95 Å². The first-order valence-electron chi connectivity index (χ1n) is 7.81. The van der Waals surface area contributed by atoms with E-state index in [1.54, 1.807) is 11.6 Å². The van der Waals surface area contributed by atoms with E-state index < -0.39 is 6.04 Å². The van der Waals surface area contributed by atoms with E-state index in [1.807, 2.05) is 38.1 Å². The zero-order valence-corrected chi connectivity index (χ0v) is 13.8. The number of aromatic nitrogens is 4. The van der Waals surface area contributed by atoms with Crippen molar-refractivity contribution in [3.63, 3.8) is 0 Å². The Labute approximate surface area is 139 Å². The number of hydrogen-bond donors (Lipinski definition) is 1. The van der Waals surface area contributed by atoms with Gasteiger partial charge in [0.05, 0.1) is 18.8 Å². The van der Waals surface area contributed by atoms with Gasteiger partial charge in [0.1, 0.15) is 11.8 Å². The van der Waals surface area contributed by atoms with Crippen molar-refractivity contribution in [2.75, 3.05) is 18.5 Å². The summed E-state index contributed by atoms with van der Waals surface area (Å²) >= 11 is 0. The van der Waals surface area contributed by atoms with Gasteiger partial charge in [0.25, 0.3) is 0 Å². The quantitative estimate of drug-likeness (QED) is 0.838. The Morgan fingerprint density at radius 1 is 1.25 bits per heavy atom. The number of rotatable bonds is 5. The number of tetrazole rings is 1. The minimum Gasteiger partial charge on any atom is -0.494 e. The smallest absolute Gasteiger partial charge is 0.338 e.